The minimum atomic E-state index is 0.580. The summed E-state index contributed by atoms with van der Waals surface area (Å²) in [5, 5.41) is 3.46. The summed E-state index contributed by atoms with van der Waals surface area (Å²) in [5.41, 5.74) is 1.30. The van der Waals surface area contributed by atoms with Crippen molar-refractivity contribution < 1.29 is 9.47 Å². The van der Waals surface area contributed by atoms with E-state index < -0.39 is 0 Å². The summed E-state index contributed by atoms with van der Waals surface area (Å²) < 4.78 is 11.2. The van der Waals surface area contributed by atoms with Gasteiger partial charge in [-0.1, -0.05) is 6.07 Å². The maximum absolute atomic E-state index is 5.62. The van der Waals surface area contributed by atoms with Crippen LogP contribution in [0.1, 0.15) is 12.5 Å². The van der Waals surface area contributed by atoms with Crippen LogP contribution in [0.15, 0.2) is 18.2 Å². The Balaban J connectivity index is 1.69. The number of nitrogens with one attached hydrogen (secondary N) is 1. The van der Waals surface area contributed by atoms with Crippen molar-refractivity contribution in [2.75, 3.05) is 32.8 Å². The smallest absolute Gasteiger partial charge is 0.161 e. The fourth-order valence-electron chi connectivity index (χ4n) is 2.60. The highest BCUT2D eigenvalue weighted by atomic mass is 16.6. The molecule has 2 aliphatic rings. The van der Waals surface area contributed by atoms with Crippen LogP contribution in [0.25, 0.3) is 0 Å². The van der Waals surface area contributed by atoms with Gasteiger partial charge >= 0.3 is 0 Å². The second-order valence-corrected chi connectivity index (χ2v) is 5.07. The van der Waals surface area contributed by atoms with Gasteiger partial charge in [-0.3, -0.25) is 4.90 Å². The van der Waals surface area contributed by atoms with E-state index in [0.29, 0.717) is 19.3 Å². The average Bonchev–Trinajstić information content (AvgIpc) is 2.39. The van der Waals surface area contributed by atoms with Crippen LogP contribution >= 0.6 is 0 Å². The van der Waals surface area contributed by atoms with E-state index in [1.807, 2.05) is 6.07 Å². The van der Waals surface area contributed by atoms with Gasteiger partial charge in [-0.15, -0.1) is 0 Å². The molecule has 2 heterocycles. The molecule has 1 atom stereocenters. The second-order valence-electron chi connectivity index (χ2n) is 5.07. The van der Waals surface area contributed by atoms with Crippen molar-refractivity contribution in [2.45, 2.75) is 19.5 Å². The number of benzene rings is 1. The Labute approximate surface area is 108 Å². The van der Waals surface area contributed by atoms with Crippen molar-refractivity contribution in [1.29, 1.82) is 0 Å². The maximum Gasteiger partial charge on any atom is 0.161 e. The highest BCUT2D eigenvalue weighted by Crippen LogP contribution is 2.31. The van der Waals surface area contributed by atoms with E-state index in [1.165, 1.54) is 5.56 Å². The minimum Gasteiger partial charge on any atom is -0.486 e. The third-order valence-corrected chi connectivity index (χ3v) is 3.47. The summed E-state index contributed by atoms with van der Waals surface area (Å²) >= 11 is 0. The topological polar surface area (TPSA) is 33.7 Å². The van der Waals surface area contributed by atoms with Gasteiger partial charge < -0.3 is 14.8 Å². The maximum atomic E-state index is 5.62. The molecule has 1 unspecified atom stereocenters. The Morgan fingerprint density at radius 1 is 1.28 bits per heavy atom. The number of rotatable bonds is 2. The monoisotopic (exact) mass is 248 g/mol. The van der Waals surface area contributed by atoms with Crippen LogP contribution in [0.2, 0.25) is 0 Å². The number of nitrogens with zero attached hydrogens (tertiary/aromatic N) is 1. The quantitative estimate of drug-likeness (QED) is 0.854. The molecular formula is C14H20N2O2. The summed E-state index contributed by atoms with van der Waals surface area (Å²) in [6.45, 7) is 7.82. The van der Waals surface area contributed by atoms with Gasteiger partial charge in [0.15, 0.2) is 11.5 Å². The first-order valence-electron chi connectivity index (χ1n) is 6.65. The van der Waals surface area contributed by atoms with E-state index in [4.69, 9.17) is 9.47 Å². The fourth-order valence-corrected chi connectivity index (χ4v) is 2.60. The zero-order valence-electron chi connectivity index (χ0n) is 10.8. The first-order chi connectivity index (χ1) is 8.81. The molecule has 0 bridgehead atoms. The molecule has 1 aromatic carbocycles. The molecule has 98 valence electrons. The third kappa shape index (κ3) is 2.60. The molecule has 0 saturated carbocycles. The minimum absolute atomic E-state index is 0.580. The number of ether oxygens (including phenoxy) is 2. The van der Waals surface area contributed by atoms with Crippen LogP contribution in [0.5, 0.6) is 11.5 Å². The Kier molecular flexibility index (Phi) is 3.39. The molecule has 18 heavy (non-hydrogen) atoms. The third-order valence-electron chi connectivity index (χ3n) is 3.47. The van der Waals surface area contributed by atoms with E-state index in [2.05, 4.69) is 29.3 Å². The van der Waals surface area contributed by atoms with Crippen molar-refractivity contribution in [3.8, 4) is 11.5 Å². The van der Waals surface area contributed by atoms with Crippen molar-refractivity contribution in [3.05, 3.63) is 23.8 Å². The van der Waals surface area contributed by atoms with Crippen LogP contribution in [0.4, 0.5) is 0 Å². The predicted octanol–water partition coefficient (Wildman–Crippen LogP) is 1.25. The lowest BCUT2D eigenvalue weighted by Crippen LogP contribution is -2.48. The van der Waals surface area contributed by atoms with Crippen LogP contribution in [-0.4, -0.2) is 43.8 Å². The molecule has 0 amide bonds. The average molecular weight is 248 g/mol. The molecule has 0 aromatic heterocycles. The molecule has 4 nitrogen and oxygen atoms in total. The zero-order chi connectivity index (χ0) is 12.4. The molecule has 1 saturated heterocycles. The van der Waals surface area contributed by atoms with Gasteiger partial charge in [0.2, 0.25) is 0 Å². The molecule has 3 rings (SSSR count). The second kappa shape index (κ2) is 5.16. The van der Waals surface area contributed by atoms with E-state index in [1.54, 1.807) is 0 Å². The first-order valence-corrected chi connectivity index (χ1v) is 6.65. The number of hydrogen-bond donors (Lipinski definition) is 1. The summed E-state index contributed by atoms with van der Waals surface area (Å²) in [6.07, 6.45) is 0. The van der Waals surface area contributed by atoms with Crippen molar-refractivity contribution in [1.82, 2.24) is 10.2 Å². The molecule has 1 fully saturated rings. The molecule has 1 aromatic rings. The highest BCUT2D eigenvalue weighted by Gasteiger charge is 2.17. The summed E-state index contributed by atoms with van der Waals surface area (Å²) in [5.74, 6) is 1.76. The normalized spacial score (nSPS) is 23.9. The SMILES string of the molecule is CC1CN(Cc2ccc3c(c2)OCCO3)CCN1. The first kappa shape index (κ1) is 11.8. The standard InChI is InChI=1S/C14H20N2O2/c1-11-9-16(5-4-15-11)10-12-2-3-13-14(8-12)18-7-6-17-13/h2-3,8,11,15H,4-7,9-10H2,1H3. The molecule has 1 N–H and O–H groups in total. The largest absolute Gasteiger partial charge is 0.486 e. The lowest BCUT2D eigenvalue weighted by atomic mass is 10.1. The van der Waals surface area contributed by atoms with Crippen LogP contribution in [-0.2, 0) is 6.54 Å². The molecule has 4 heteroatoms. The lowest BCUT2D eigenvalue weighted by molar-refractivity contribution is 0.170. The Hall–Kier alpha value is -1.26. The van der Waals surface area contributed by atoms with E-state index >= 15 is 0 Å². The van der Waals surface area contributed by atoms with Gasteiger partial charge in [0.1, 0.15) is 13.2 Å². The number of piperazine rings is 1. The summed E-state index contributed by atoms with van der Waals surface area (Å²) in [7, 11) is 0. The number of fused-ring (bicyclic) bond motifs is 1. The fraction of sp³-hybridized carbons (Fsp3) is 0.571. The lowest BCUT2D eigenvalue weighted by Gasteiger charge is -2.32. The van der Waals surface area contributed by atoms with Gasteiger partial charge in [0, 0.05) is 32.2 Å². The van der Waals surface area contributed by atoms with Crippen molar-refractivity contribution in [2.24, 2.45) is 0 Å². The predicted molar refractivity (Wildman–Crippen MR) is 70.2 cm³/mol. The Bertz CT molecular complexity index is 422. The van der Waals surface area contributed by atoms with Gasteiger partial charge in [-0.05, 0) is 24.6 Å². The van der Waals surface area contributed by atoms with E-state index in [-0.39, 0.29) is 0 Å². The van der Waals surface area contributed by atoms with Crippen molar-refractivity contribution in [3.63, 3.8) is 0 Å². The van der Waals surface area contributed by atoms with Crippen LogP contribution in [0.3, 0.4) is 0 Å². The molecule has 0 aliphatic carbocycles. The molecule has 2 aliphatic heterocycles. The van der Waals surface area contributed by atoms with Gasteiger partial charge in [-0.25, -0.2) is 0 Å². The molecular weight excluding hydrogens is 228 g/mol. The van der Waals surface area contributed by atoms with E-state index in [0.717, 1.165) is 37.7 Å². The zero-order valence-corrected chi connectivity index (χ0v) is 10.8. The Morgan fingerprint density at radius 2 is 2.11 bits per heavy atom. The van der Waals surface area contributed by atoms with Crippen molar-refractivity contribution >= 4 is 0 Å². The molecule has 0 spiro atoms. The Morgan fingerprint density at radius 3 is 2.94 bits per heavy atom. The molecule has 0 radical (unpaired) electrons. The van der Waals surface area contributed by atoms with Gasteiger partial charge in [0.05, 0.1) is 0 Å². The van der Waals surface area contributed by atoms with Gasteiger partial charge in [0.25, 0.3) is 0 Å². The number of hydrogen-bond acceptors (Lipinski definition) is 4. The van der Waals surface area contributed by atoms with Crippen LogP contribution in [0, 0.1) is 0 Å². The summed E-state index contributed by atoms with van der Waals surface area (Å²) in [4.78, 5) is 2.48. The summed E-state index contributed by atoms with van der Waals surface area (Å²) in [6, 6.07) is 6.85. The van der Waals surface area contributed by atoms with E-state index in [9.17, 15) is 0 Å². The van der Waals surface area contributed by atoms with Crippen LogP contribution < -0.4 is 14.8 Å². The highest BCUT2D eigenvalue weighted by molar-refractivity contribution is 5.43. The van der Waals surface area contributed by atoms with Gasteiger partial charge in [-0.2, -0.15) is 0 Å².